The number of hydrogen-bond acceptors (Lipinski definition) is 3. The Morgan fingerprint density at radius 1 is 0.818 bits per heavy atom. The minimum absolute atomic E-state index is 0. The zero-order valence-corrected chi connectivity index (χ0v) is 28.8. The van der Waals surface area contributed by atoms with Gasteiger partial charge in [-0.05, 0) is 79.2 Å². The van der Waals surface area contributed by atoms with Crippen LogP contribution in [0.5, 0.6) is 5.75 Å². The molecule has 0 fully saturated rings. The Morgan fingerprint density at radius 2 is 1.57 bits per heavy atom. The molecule has 0 N–H and O–H groups in total. The van der Waals surface area contributed by atoms with E-state index in [9.17, 15) is 0 Å². The van der Waals surface area contributed by atoms with Crippen LogP contribution >= 0.6 is 0 Å². The van der Waals surface area contributed by atoms with Gasteiger partial charge in [0.25, 0.3) is 8.32 Å². The van der Waals surface area contributed by atoms with E-state index in [1.54, 1.807) is 18.2 Å². The van der Waals surface area contributed by atoms with Crippen molar-refractivity contribution in [2.45, 2.75) is 67.2 Å². The van der Waals surface area contributed by atoms with E-state index in [1.165, 1.54) is 30.6 Å². The quantitative estimate of drug-likeness (QED) is 0.135. The van der Waals surface area contributed by atoms with Crippen molar-refractivity contribution in [3.05, 3.63) is 120 Å². The normalized spacial score (nSPS) is 17.8. The van der Waals surface area contributed by atoms with E-state index in [4.69, 9.17) is 19.5 Å². The van der Waals surface area contributed by atoms with Gasteiger partial charge in [-0.1, -0.05) is 80.3 Å². The molecule has 3 nitrogen and oxygen atoms in total. The molecule has 0 saturated carbocycles. The number of nitrogens with zero attached hydrogens (tertiary/aromatic N) is 2. The SMILES string of the molecule is [2H]C([2H])([2H])c1c[c-]c(-c2ccc(C([2H])([2H])[2H])cn2)cc1.[2H]C([2H])([2H])c1cnc(-c2[c-]cc3c(c2)[Si](C)(C)Oc2ccccc2-3)cc1C([2H])([2H])CC(C)(C)C.[Ir]. The fourth-order valence-electron chi connectivity index (χ4n) is 4.71. The van der Waals surface area contributed by atoms with Crippen LogP contribution in [-0.2, 0) is 26.5 Å². The molecule has 1 aliphatic heterocycles. The number of aryl methyl sites for hydroxylation is 4. The summed E-state index contributed by atoms with van der Waals surface area (Å²) >= 11 is 0. The van der Waals surface area contributed by atoms with Gasteiger partial charge in [-0.15, -0.1) is 59.2 Å². The molecule has 0 amide bonds. The van der Waals surface area contributed by atoms with Gasteiger partial charge in [0.05, 0.1) is 0 Å². The Morgan fingerprint density at radius 3 is 2.25 bits per heavy atom. The third-order valence-electron chi connectivity index (χ3n) is 6.98. The Balaban J connectivity index is 0.000000274. The number of fused-ring (bicyclic) bond motifs is 3. The minimum atomic E-state index is -2.46. The number of pyridine rings is 2. The van der Waals surface area contributed by atoms with E-state index >= 15 is 0 Å². The molecule has 44 heavy (non-hydrogen) atoms. The molecule has 5 heteroatoms. The first-order valence-electron chi connectivity index (χ1n) is 19.6. The second-order valence-electron chi connectivity index (χ2n) is 12.2. The predicted molar refractivity (Wildman–Crippen MR) is 182 cm³/mol. The average molecular weight is 786 g/mol. The van der Waals surface area contributed by atoms with Crippen LogP contribution in [0.2, 0.25) is 13.1 Å². The maximum atomic E-state index is 8.76. The van der Waals surface area contributed by atoms with Crippen LogP contribution in [0.15, 0.2) is 85.2 Å². The maximum Gasteiger partial charge on any atom is 0.259 e. The summed E-state index contributed by atoms with van der Waals surface area (Å²) in [5.74, 6) is 0.880. The number of aromatic nitrogens is 2. The molecule has 1 aliphatic rings. The molecule has 5 aromatic rings. The van der Waals surface area contributed by atoms with Crippen LogP contribution in [-0.4, -0.2) is 18.3 Å². The second kappa shape index (κ2) is 13.7. The molecule has 0 saturated heterocycles. The summed E-state index contributed by atoms with van der Waals surface area (Å²) < 4.78 is 91.4. The Kier molecular flexibility index (Phi) is 6.67. The molecular formula is C39H42IrN2OSi-2. The number of hydrogen-bond donors (Lipinski definition) is 0. The summed E-state index contributed by atoms with van der Waals surface area (Å²) in [6, 6.07) is 27.3. The first-order chi connectivity index (χ1) is 24.8. The first-order valence-corrected chi connectivity index (χ1v) is 17.0. The van der Waals surface area contributed by atoms with E-state index in [1.807, 2.05) is 57.2 Å². The standard InChI is InChI=1S/C26H30NOSi.C13H12N.Ir/c1-18-17-27-23(15-19(18)13-14-26(2,3)4)20-11-12-22-21-9-7-8-10-24(21)28-29(5,6)25(22)16-20;1-10-3-6-12(7-4-10)13-8-5-11(2)9-14-13;/h7-10,12,15-17H,13-14H2,1-6H3;3-6,8-9H,1-2H3;/q2*-1;/i1D3,13D2;1D3,2D3;. The molecule has 0 atom stereocenters. The van der Waals surface area contributed by atoms with Gasteiger partial charge in [-0.3, -0.25) is 0 Å². The number of benzene rings is 3. The first kappa shape index (κ1) is 21.4. The molecule has 0 spiro atoms. The zero-order chi connectivity index (χ0) is 40.1. The van der Waals surface area contributed by atoms with Crippen molar-refractivity contribution in [2.24, 2.45) is 5.41 Å². The third kappa shape index (κ3) is 8.01. The summed E-state index contributed by atoms with van der Waals surface area (Å²) in [6.45, 7) is 3.33. The van der Waals surface area contributed by atoms with Gasteiger partial charge >= 0.3 is 0 Å². The van der Waals surface area contributed by atoms with E-state index in [-0.39, 0.29) is 54.2 Å². The molecule has 3 heterocycles. The fraction of sp³-hybridized carbons (Fsp3) is 0.282. The van der Waals surface area contributed by atoms with Gasteiger partial charge in [0.1, 0.15) is 5.75 Å². The van der Waals surface area contributed by atoms with Crippen molar-refractivity contribution in [1.29, 1.82) is 0 Å². The molecule has 0 aliphatic carbocycles. The maximum absolute atomic E-state index is 8.76. The number of para-hydroxylation sites is 1. The zero-order valence-electron chi connectivity index (χ0n) is 36.4. The Labute approximate surface area is 294 Å². The second-order valence-corrected chi connectivity index (χ2v) is 16.0. The fourth-order valence-corrected chi connectivity index (χ4v) is 6.90. The average Bonchev–Trinajstić information content (AvgIpc) is 3.06. The molecule has 1 radical (unpaired) electrons. The van der Waals surface area contributed by atoms with Crippen molar-refractivity contribution in [1.82, 2.24) is 9.97 Å². The predicted octanol–water partition coefficient (Wildman–Crippen LogP) is 9.47. The summed E-state index contributed by atoms with van der Waals surface area (Å²) in [7, 11) is -2.26. The van der Waals surface area contributed by atoms with Crippen LogP contribution < -0.4 is 9.61 Å². The van der Waals surface area contributed by atoms with Crippen LogP contribution in [0, 0.1) is 38.1 Å². The van der Waals surface area contributed by atoms with Crippen LogP contribution in [0.25, 0.3) is 33.6 Å². The third-order valence-corrected chi connectivity index (χ3v) is 9.42. The van der Waals surface area contributed by atoms with Gasteiger partial charge < -0.3 is 14.4 Å². The van der Waals surface area contributed by atoms with E-state index < -0.39 is 35.2 Å². The monoisotopic (exact) mass is 786 g/mol. The van der Waals surface area contributed by atoms with Crippen molar-refractivity contribution < 1.29 is 39.6 Å². The molecule has 3 aromatic carbocycles. The van der Waals surface area contributed by atoms with Crippen molar-refractivity contribution in [3.63, 3.8) is 0 Å². The van der Waals surface area contributed by atoms with Crippen molar-refractivity contribution >= 4 is 13.5 Å². The minimum Gasteiger partial charge on any atom is -0.541 e. The summed E-state index contributed by atoms with van der Waals surface area (Å²) in [5.41, 5.74) is 4.67. The van der Waals surface area contributed by atoms with Crippen LogP contribution in [0.3, 0.4) is 0 Å². The number of rotatable bonds is 4. The smallest absolute Gasteiger partial charge is 0.259 e. The van der Waals surface area contributed by atoms with Crippen molar-refractivity contribution in [3.8, 4) is 39.4 Å². The van der Waals surface area contributed by atoms with Crippen molar-refractivity contribution in [2.75, 3.05) is 0 Å². The molecule has 229 valence electrons. The molecule has 6 rings (SSSR count). The summed E-state index contributed by atoms with van der Waals surface area (Å²) in [4.78, 5) is 8.52. The summed E-state index contributed by atoms with van der Waals surface area (Å²) in [6.07, 6.45) is 0.961. The van der Waals surface area contributed by atoms with Crippen LogP contribution in [0.4, 0.5) is 0 Å². The Bertz CT molecular complexity index is 2070. The molecule has 0 unspecified atom stereocenters. The molecule has 2 aromatic heterocycles. The van der Waals surface area contributed by atoms with E-state index in [2.05, 4.69) is 35.2 Å². The van der Waals surface area contributed by atoms with Gasteiger partial charge in [0.2, 0.25) is 0 Å². The largest absolute Gasteiger partial charge is 0.541 e. The van der Waals surface area contributed by atoms with E-state index in [0.717, 1.165) is 22.1 Å². The van der Waals surface area contributed by atoms with Gasteiger partial charge in [0.15, 0.2) is 0 Å². The van der Waals surface area contributed by atoms with Crippen LogP contribution in [0.1, 0.15) is 64.5 Å². The Hall–Kier alpha value is -3.37. The summed E-state index contributed by atoms with van der Waals surface area (Å²) in [5, 5.41) is 1.11. The topological polar surface area (TPSA) is 35.0 Å². The van der Waals surface area contributed by atoms with Gasteiger partial charge in [0, 0.05) is 47.6 Å². The van der Waals surface area contributed by atoms with E-state index in [0.29, 0.717) is 22.5 Å². The molecular weight excluding hydrogens is 733 g/mol. The van der Waals surface area contributed by atoms with Gasteiger partial charge in [-0.2, -0.15) is 0 Å². The molecule has 0 bridgehead atoms. The van der Waals surface area contributed by atoms with Gasteiger partial charge in [-0.25, -0.2) is 0 Å².